The number of hydrogen-bond donors (Lipinski definition) is 2. The Morgan fingerprint density at radius 2 is 2.14 bits per heavy atom. The predicted octanol–water partition coefficient (Wildman–Crippen LogP) is 1.17. The number of allylic oxidation sites excluding steroid dienone is 1. The molecule has 3 rings (SSSR count). The molecule has 3 aliphatic rings. The minimum absolute atomic E-state index is 0.0766. The van der Waals surface area contributed by atoms with Gasteiger partial charge in [-0.05, 0) is 26.8 Å². The highest BCUT2D eigenvalue weighted by Gasteiger charge is 2.59. The van der Waals surface area contributed by atoms with Gasteiger partial charge in [0.1, 0.15) is 12.2 Å². The van der Waals surface area contributed by atoms with Crippen LogP contribution in [0.25, 0.3) is 0 Å². The largest absolute Gasteiger partial charge is 0.458 e. The van der Waals surface area contributed by atoms with Gasteiger partial charge in [-0.2, -0.15) is 0 Å². The fraction of sp³-hybridized carbons (Fsp3) is 0.619. The number of methoxy groups -OCH3 is 1. The van der Waals surface area contributed by atoms with Crippen molar-refractivity contribution in [1.82, 2.24) is 0 Å². The van der Waals surface area contributed by atoms with Gasteiger partial charge in [0, 0.05) is 36.7 Å². The summed E-state index contributed by atoms with van der Waals surface area (Å²) in [6, 6.07) is 0. The number of rotatable bonds is 4. The van der Waals surface area contributed by atoms with Crippen molar-refractivity contribution in [2.45, 2.75) is 63.3 Å². The van der Waals surface area contributed by atoms with Gasteiger partial charge in [0.15, 0.2) is 5.79 Å². The van der Waals surface area contributed by atoms with Gasteiger partial charge in [0.2, 0.25) is 0 Å². The van der Waals surface area contributed by atoms with Crippen LogP contribution in [-0.2, 0) is 28.5 Å². The number of hydrogen-bond acceptors (Lipinski definition) is 8. The number of esters is 2. The summed E-state index contributed by atoms with van der Waals surface area (Å²) in [4.78, 5) is 24.8. The molecule has 0 saturated carbocycles. The minimum Gasteiger partial charge on any atom is -0.458 e. The summed E-state index contributed by atoms with van der Waals surface area (Å²) >= 11 is 0. The quantitative estimate of drug-likeness (QED) is 0.405. The molecular weight excluding hydrogens is 380 g/mol. The average molecular weight is 408 g/mol. The van der Waals surface area contributed by atoms with Crippen molar-refractivity contribution in [2.75, 3.05) is 13.7 Å². The Balaban J connectivity index is 2.11. The zero-order chi connectivity index (χ0) is 21.6. The van der Waals surface area contributed by atoms with Gasteiger partial charge in [-0.1, -0.05) is 12.7 Å². The lowest BCUT2D eigenvalue weighted by molar-refractivity contribution is -0.212. The lowest BCUT2D eigenvalue weighted by Gasteiger charge is -2.35. The summed E-state index contributed by atoms with van der Waals surface area (Å²) in [5.41, 5.74) is -0.298. The Hall–Kier alpha value is -2.00. The molecule has 0 spiro atoms. The van der Waals surface area contributed by atoms with E-state index in [0.29, 0.717) is 5.57 Å². The topological polar surface area (TPSA) is 112 Å². The van der Waals surface area contributed by atoms with Crippen LogP contribution in [0.5, 0.6) is 0 Å². The molecule has 6 atom stereocenters. The van der Waals surface area contributed by atoms with Gasteiger partial charge in [-0.25, -0.2) is 9.59 Å². The summed E-state index contributed by atoms with van der Waals surface area (Å²) in [7, 11) is 1.50. The Labute approximate surface area is 169 Å². The van der Waals surface area contributed by atoms with Crippen LogP contribution in [0.1, 0.15) is 33.6 Å². The van der Waals surface area contributed by atoms with Gasteiger partial charge < -0.3 is 29.2 Å². The van der Waals surface area contributed by atoms with E-state index in [9.17, 15) is 19.8 Å². The third kappa shape index (κ3) is 3.66. The predicted molar refractivity (Wildman–Crippen MR) is 101 cm³/mol. The maximum absolute atomic E-state index is 12.5. The molecule has 0 aromatic carbocycles. The van der Waals surface area contributed by atoms with Crippen LogP contribution in [0.15, 0.2) is 35.5 Å². The summed E-state index contributed by atoms with van der Waals surface area (Å²) in [6.45, 7) is 8.43. The van der Waals surface area contributed by atoms with Gasteiger partial charge in [0.25, 0.3) is 0 Å². The highest BCUT2D eigenvalue weighted by Crippen LogP contribution is 2.48. The second-order valence-corrected chi connectivity index (χ2v) is 8.02. The fourth-order valence-corrected chi connectivity index (χ4v) is 4.34. The normalized spacial score (nSPS) is 39.8. The molecule has 8 heteroatoms. The lowest BCUT2D eigenvalue weighted by Crippen LogP contribution is -2.45. The van der Waals surface area contributed by atoms with Crippen molar-refractivity contribution in [3.8, 4) is 0 Å². The Morgan fingerprint density at radius 1 is 1.45 bits per heavy atom. The third-order valence-corrected chi connectivity index (χ3v) is 6.15. The Kier molecular flexibility index (Phi) is 5.75. The summed E-state index contributed by atoms with van der Waals surface area (Å²) in [5.74, 6) is -3.60. The number of ether oxygens (including phenoxy) is 4. The smallest absolute Gasteiger partial charge is 0.334 e. The SMILES string of the molecule is C=C1C(=O)OC2C=C(CO)C3(O)CC(OC)C(C)(CC(OC(=O)C(C)=CC)C12)O3. The molecule has 160 valence electrons. The summed E-state index contributed by atoms with van der Waals surface area (Å²) in [5, 5.41) is 21.0. The fourth-order valence-electron chi connectivity index (χ4n) is 4.34. The van der Waals surface area contributed by atoms with Gasteiger partial charge in [-0.15, -0.1) is 0 Å². The van der Waals surface area contributed by atoms with Crippen molar-refractivity contribution in [3.05, 3.63) is 35.5 Å². The summed E-state index contributed by atoms with van der Waals surface area (Å²) in [6.07, 6.45) is 1.11. The molecule has 0 aromatic rings. The van der Waals surface area contributed by atoms with E-state index in [-0.39, 0.29) is 24.0 Å². The number of fused-ring (bicyclic) bond motifs is 3. The van der Waals surface area contributed by atoms with Crippen LogP contribution >= 0.6 is 0 Å². The molecule has 3 heterocycles. The molecule has 0 radical (unpaired) electrons. The van der Waals surface area contributed by atoms with Crippen LogP contribution in [0, 0.1) is 5.92 Å². The maximum Gasteiger partial charge on any atom is 0.334 e. The van der Waals surface area contributed by atoms with E-state index in [1.807, 2.05) is 0 Å². The number of carbonyl (C=O) groups is 2. The van der Waals surface area contributed by atoms with E-state index in [0.717, 1.165) is 0 Å². The van der Waals surface area contributed by atoms with E-state index < -0.39 is 54.2 Å². The number of aliphatic hydroxyl groups excluding tert-OH is 1. The van der Waals surface area contributed by atoms with Crippen LogP contribution in [-0.4, -0.2) is 65.6 Å². The molecule has 2 fully saturated rings. The molecule has 0 amide bonds. The Bertz CT molecular complexity index is 784. The van der Waals surface area contributed by atoms with E-state index in [2.05, 4.69) is 6.58 Å². The highest BCUT2D eigenvalue weighted by atomic mass is 16.7. The second-order valence-electron chi connectivity index (χ2n) is 8.02. The standard InChI is InChI=1S/C21H28O8/c1-6-11(2)18(23)28-15-8-20(4)16(26-5)9-21(25,29-20)13(10-22)7-14-17(15)12(3)19(24)27-14/h6-7,14-17,22,25H,3,8-10H2,1-2,4-5H3. The monoisotopic (exact) mass is 408 g/mol. The van der Waals surface area contributed by atoms with Crippen molar-refractivity contribution < 1.29 is 38.7 Å². The van der Waals surface area contributed by atoms with E-state index in [1.54, 1.807) is 26.8 Å². The Morgan fingerprint density at radius 3 is 2.72 bits per heavy atom. The van der Waals surface area contributed by atoms with Crippen molar-refractivity contribution in [3.63, 3.8) is 0 Å². The van der Waals surface area contributed by atoms with E-state index >= 15 is 0 Å². The first-order valence-electron chi connectivity index (χ1n) is 9.59. The highest BCUT2D eigenvalue weighted by molar-refractivity contribution is 5.92. The van der Waals surface area contributed by atoms with Gasteiger partial charge >= 0.3 is 11.9 Å². The van der Waals surface area contributed by atoms with Gasteiger partial charge in [-0.3, -0.25) is 0 Å². The molecule has 0 aliphatic carbocycles. The van der Waals surface area contributed by atoms with Crippen molar-refractivity contribution in [2.24, 2.45) is 5.92 Å². The van der Waals surface area contributed by atoms with Crippen LogP contribution in [0.4, 0.5) is 0 Å². The minimum atomic E-state index is -1.79. The van der Waals surface area contributed by atoms with Gasteiger partial charge in [0.05, 0.1) is 24.2 Å². The molecule has 8 nitrogen and oxygen atoms in total. The van der Waals surface area contributed by atoms with Crippen LogP contribution in [0.2, 0.25) is 0 Å². The number of aliphatic hydroxyl groups is 2. The second kappa shape index (κ2) is 7.68. The molecule has 2 N–H and O–H groups in total. The average Bonchev–Trinajstić information content (AvgIpc) is 3.11. The zero-order valence-electron chi connectivity index (χ0n) is 17.1. The molecule has 2 bridgehead atoms. The molecule has 0 aromatic heterocycles. The first kappa shape index (κ1) is 21.7. The molecule has 29 heavy (non-hydrogen) atoms. The van der Waals surface area contributed by atoms with E-state index in [4.69, 9.17) is 18.9 Å². The summed E-state index contributed by atoms with van der Waals surface area (Å²) < 4.78 is 22.7. The lowest BCUT2D eigenvalue weighted by atomic mass is 9.80. The zero-order valence-corrected chi connectivity index (χ0v) is 17.1. The van der Waals surface area contributed by atoms with Crippen LogP contribution in [0.3, 0.4) is 0 Å². The first-order valence-corrected chi connectivity index (χ1v) is 9.59. The molecule has 2 saturated heterocycles. The third-order valence-electron chi connectivity index (χ3n) is 6.15. The van der Waals surface area contributed by atoms with E-state index in [1.165, 1.54) is 13.2 Å². The number of carbonyl (C=O) groups excluding carboxylic acids is 2. The van der Waals surface area contributed by atoms with Crippen molar-refractivity contribution >= 4 is 11.9 Å². The van der Waals surface area contributed by atoms with Crippen LogP contribution < -0.4 is 0 Å². The van der Waals surface area contributed by atoms with Crippen molar-refractivity contribution in [1.29, 1.82) is 0 Å². The first-order chi connectivity index (χ1) is 13.6. The molecule has 3 aliphatic heterocycles. The maximum atomic E-state index is 12.5. The molecule has 6 unspecified atom stereocenters. The molecular formula is C21H28O8.